The van der Waals surface area contributed by atoms with E-state index < -0.39 is 15.5 Å². The van der Waals surface area contributed by atoms with Gasteiger partial charge < -0.3 is 0 Å². The van der Waals surface area contributed by atoms with Gasteiger partial charge in [0.1, 0.15) is 4.90 Å². The van der Waals surface area contributed by atoms with Crippen molar-refractivity contribution < 1.29 is 8.42 Å². The number of rotatable bonds is 1. The van der Waals surface area contributed by atoms with Crippen LogP contribution in [0.3, 0.4) is 0 Å². The van der Waals surface area contributed by atoms with Crippen LogP contribution in [0.1, 0.15) is 0 Å². The van der Waals surface area contributed by atoms with Gasteiger partial charge in [-0.1, -0.05) is 18.2 Å². The van der Waals surface area contributed by atoms with Gasteiger partial charge in [-0.3, -0.25) is 4.79 Å². The third-order valence-electron chi connectivity index (χ3n) is 1.27. The molecule has 1 rings (SSSR count). The van der Waals surface area contributed by atoms with E-state index in [0.29, 0.717) is 0 Å². The first-order valence-electron chi connectivity index (χ1n) is 3.14. The molecule has 1 aromatic rings. The lowest BCUT2D eigenvalue weighted by Crippen LogP contribution is -2.19. The molecule has 0 aromatic heterocycles. The van der Waals surface area contributed by atoms with E-state index in [-0.39, 0.29) is 4.90 Å². The van der Waals surface area contributed by atoms with Gasteiger partial charge in [0.2, 0.25) is 10.0 Å². The van der Waals surface area contributed by atoms with Gasteiger partial charge in [-0.15, -0.1) is 0 Å². The van der Waals surface area contributed by atoms with Crippen LogP contribution in [0.15, 0.2) is 40.0 Å². The first kappa shape index (κ1) is 8.89. The van der Waals surface area contributed by atoms with Gasteiger partial charge in [0.25, 0.3) is 0 Å². The van der Waals surface area contributed by atoms with E-state index in [4.69, 9.17) is 5.14 Å². The van der Waals surface area contributed by atoms with Crippen LogP contribution in [-0.4, -0.2) is 8.42 Å². The second kappa shape index (κ2) is 3.04. The summed E-state index contributed by atoms with van der Waals surface area (Å²) in [5.74, 6) is 0. The van der Waals surface area contributed by atoms with Crippen LogP contribution < -0.4 is 10.6 Å². The molecule has 0 saturated carbocycles. The van der Waals surface area contributed by atoms with Gasteiger partial charge in [-0.2, -0.15) is 0 Å². The Labute approximate surface area is 69.7 Å². The Hall–Kier alpha value is -1.20. The van der Waals surface area contributed by atoms with Crippen LogP contribution in [0, 0.1) is 0 Å². The molecule has 0 radical (unpaired) electrons. The summed E-state index contributed by atoms with van der Waals surface area (Å²) in [5, 5.41) is 4.79. The average Bonchev–Trinajstić information content (AvgIpc) is 2.11. The molecule has 0 amide bonds. The zero-order chi connectivity index (χ0) is 9.19. The molecular formula is C7H7NO3S. The van der Waals surface area contributed by atoms with Crippen LogP contribution in [0.2, 0.25) is 0 Å². The summed E-state index contributed by atoms with van der Waals surface area (Å²) in [4.78, 5) is 10.6. The van der Waals surface area contributed by atoms with E-state index in [1.807, 2.05) is 0 Å². The molecule has 0 spiro atoms. The van der Waals surface area contributed by atoms with Crippen LogP contribution >= 0.6 is 0 Å². The third-order valence-corrected chi connectivity index (χ3v) is 2.22. The van der Waals surface area contributed by atoms with E-state index in [0.717, 1.165) is 6.07 Å². The average molecular weight is 185 g/mol. The molecule has 0 aliphatic heterocycles. The van der Waals surface area contributed by atoms with Gasteiger partial charge in [0.05, 0.1) is 0 Å². The maximum Gasteiger partial charge on any atom is 0.241 e. The quantitative estimate of drug-likeness (QED) is 0.652. The summed E-state index contributed by atoms with van der Waals surface area (Å²) in [7, 11) is -3.89. The minimum atomic E-state index is -3.89. The molecule has 0 fully saturated rings. The van der Waals surface area contributed by atoms with Crippen molar-refractivity contribution in [1.82, 2.24) is 0 Å². The van der Waals surface area contributed by atoms with Crippen molar-refractivity contribution in [3.05, 3.63) is 40.6 Å². The van der Waals surface area contributed by atoms with E-state index in [1.165, 1.54) is 18.2 Å². The van der Waals surface area contributed by atoms with Crippen molar-refractivity contribution in [2.45, 2.75) is 4.90 Å². The maximum atomic E-state index is 11.0. The zero-order valence-corrected chi connectivity index (χ0v) is 6.91. The second-order valence-corrected chi connectivity index (χ2v) is 3.71. The summed E-state index contributed by atoms with van der Waals surface area (Å²) in [5.41, 5.74) is -0.595. The molecule has 0 aliphatic rings. The lowest BCUT2D eigenvalue weighted by Gasteiger charge is -1.89. The van der Waals surface area contributed by atoms with Gasteiger partial charge in [0, 0.05) is 0 Å². The minimum absolute atomic E-state index is 0.382. The van der Waals surface area contributed by atoms with Crippen LogP contribution in [0.25, 0.3) is 0 Å². The molecule has 2 N–H and O–H groups in total. The molecule has 0 heterocycles. The lowest BCUT2D eigenvalue weighted by atomic mass is 10.5. The maximum absolute atomic E-state index is 11.0. The van der Waals surface area contributed by atoms with E-state index in [2.05, 4.69) is 0 Å². The van der Waals surface area contributed by atoms with Crippen molar-refractivity contribution in [1.29, 1.82) is 0 Å². The summed E-state index contributed by atoms with van der Waals surface area (Å²) in [6, 6.07) is 6.78. The fraction of sp³-hybridized carbons (Fsp3) is 0. The van der Waals surface area contributed by atoms with Crippen LogP contribution in [0.4, 0.5) is 0 Å². The number of hydrogen-bond acceptors (Lipinski definition) is 3. The summed E-state index contributed by atoms with van der Waals surface area (Å²) < 4.78 is 21.5. The van der Waals surface area contributed by atoms with Crippen LogP contribution in [-0.2, 0) is 10.0 Å². The molecule has 0 bridgehead atoms. The first-order chi connectivity index (χ1) is 5.52. The number of nitrogens with two attached hydrogens (primary N) is 1. The topological polar surface area (TPSA) is 77.2 Å². The zero-order valence-electron chi connectivity index (χ0n) is 6.10. The van der Waals surface area contributed by atoms with Crippen molar-refractivity contribution >= 4 is 10.0 Å². The van der Waals surface area contributed by atoms with Gasteiger partial charge >= 0.3 is 0 Å². The van der Waals surface area contributed by atoms with Crippen molar-refractivity contribution in [3.63, 3.8) is 0 Å². The molecular weight excluding hydrogens is 178 g/mol. The highest BCUT2D eigenvalue weighted by atomic mass is 32.2. The van der Waals surface area contributed by atoms with E-state index in [1.54, 1.807) is 6.07 Å². The minimum Gasteiger partial charge on any atom is -0.288 e. The Morgan fingerprint density at radius 1 is 1.08 bits per heavy atom. The highest BCUT2D eigenvalue weighted by Crippen LogP contribution is 1.96. The van der Waals surface area contributed by atoms with Crippen molar-refractivity contribution in [2.24, 2.45) is 5.14 Å². The van der Waals surface area contributed by atoms with Crippen molar-refractivity contribution in [3.8, 4) is 0 Å². The predicted molar refractivity (Wildman–Crippen MR) is 44.1 cm³/mol. The normalized spacial score (nSPS) is 11.1. The first-order valence-corrected chi connectivity index (χ1v) is 4.68. The molecule has 1 aromatic carbocycles. The Morgan fingerprint density at radius 3 is 2.25 bits per heavy atom. The molecule has 0 atom stereocenters. The fourth-order valence-electron chi connectivity index (χ4n) is 0.749. The van der Waals surface area contributed by atoms with Gasteiger partial charge in [-0.25, -0.2) is 13.6 Å². The van der Waals surface area contributed by atoms with Gasteiger partial charge in [-0.05, 0) is 12.1 Å². The summed E-state index contributed by atoms with van der Waals surface area (Å²) >= 11 is 0. The number of primary sulfonamides is 1. The van der Waals surface area contributed by atoms with E-state index >= 15 is 0 Å². The van der Waals surface area contributed by atoms with Crippen molar-refractivity contribution in [2.75, 3.05) is 0 Å². The second-order valence-electron chi connectivity index (χ2n) is 2.18. The molecule has 4 nitrogen and oxygen atoms in total. The highest BCUT2D eigenvalue weighted by molar-refractivity contribution is 7.89. The van der Waals surface area contributed by atoms with E-state index in [9.17, 15) is 13.2 Å². The molecule has 0 saturated heterocycles. The third kappa shape index (κ3) is 1.90. The predicted octanol–water partition coefficient (Wildman–Crippen LogP) is -0.306. The Morgan fingerprint density at radius 2 is 1.67 bits per heavy atom. The smallest absolute Gasteiger partial charge is 0.241 e. The Balaban J connectivity index is 3.60. The molecule has 12 heavy (non-hydrogen) atoms. The Kier molecular flexibility index (Phi) is 2.25. The number of sulfonamides is 1. The molecule has 64 valence electrons. The molecule has 5 heteroatoms. The van der Waals surface area contributed by atoms with Gasteiger partial charge in [0.15, 0.2) is 5.43 Å². The molecule has 0 aliphatic carbocycles. The largest absolute Gasteiger partial charge is 0.288 e. The molecule has 0 unspecified atom stereocenters. The summed E-state index contributed by atoms with van der Waals surface area (Å²) in [6.07, 6.45) is 0. The number of hydrogen-bond donors (Lipinski definition) is 1. The van der Waals surface area contributed by atoms with Crippen LogP contribution in [0.5, 0.6) is 0 Å². The fourth-order valence-corrected chi connectivity index (χ4v) is 1.37. The standard InChI is InChI=1S/C7H7NO3S/c8-12(10,11)7-5-3-1-2-4-6(7)9/h1-5H,(H2,8,10,11). The highest BCUT2D eigenvalue weighted by Gasteiger charge is 2.09. The lowest BCUT2D eigenvalue weighted by molar-refractivity contribution is 0.597. The SMILES string of the molecule is NS(=O)(=O)c1cccccc1=O. The summed E-state index contributed by atoms with van der Waals surface area (Å²) in [6.45, 7) is 0. The Bertz CT molecular complexity index is 438. The monoisotopic (exact) mass is 185 g/mol.